The van der Waals surface area contributed by atoms with Gasteiger partial charge in [-0.2, -0.15) is 0 Å². The van der Waals surface area contributed by atoms with Gasteiger partial charge in [0.1, 0.15) is 11.4 Å². The van der Waals surface area contributed by atoms with Gasteiger partial charge in [0, 0.05) is 11.4 Å². The summed E-state index contributed by atoms with van der Waals surface area (Å²) < 4.78 is 5.46. The number of hydrogen-bond donors (Lipinski definition) is 1. The number of nitrogens with zero attached hydrogens (tertiary/aromatic N) is 2. The van der Waals surface area contributed by atoms with Gasteiger partial charge in [-0.1, -0.05) is 23.9 Å². The quantitative estimate of drug-likeness (QED) is 0.851. The molecule has 0 aliphatic heterocycles. The van der Waals surface area contributed by atoms with E-state index in [2.05, 4.69) is 47.3 Å². The zero-order valence-electron chi connectivity index (χ0n) is 12.2. The average molecular weight is 289 g/mol. The summed E-state index contributed by atoms with van der Waals surface area (Å²) in [7, 11) is 1.65. The van der Waals surface area contributed by atoms with Crippen molar-refractivity contribution in [1.82, 2.24) is 9.97 Å². The molecule has 2 rings (SSSR count). The van der Waals surface area contributed by atoms with Crippen LogP contribution in [0.3, 0.4) is 0 Å². The Bertz CT molecular complexity index is 602. The van der Waals surface area contributed by atoms with Crippen molar-refractivity contribution >= 4 is 17.6 Å². The highest BCUT2D eigenvalue weighted by Crippen LogP contribution is 2.38. The van der Waals surface area contributed by atoms with Gasteiger partial charge in [-0.15, -0.1) is 0 Å². The van der Waals surface area contributed by atoms with Gasteiger partial charge < -0.3 is 10.1 Å². The van der Waals surface area contributed by atoms with Crippen LogP contribution in [0.2, 0.25) is 0 Å². The van der Waals surface area contributed by atoms with Crippen LogP contribution in [-0.2, 0) is 0 Å². The number of rotatable bonds is 5. The van der Waals surface area contributed by atoms with Crippen molar-refractivity contribution in [3.8, 4) is 5.75 Å². The van der Waals surface area contributed by atoms with Gasteiger partial charge in [0.05, 0.1) is 7.11 Å². The first-order chi connectivity index (χ1) is 9.65. The maximum atomic E-state index is 5.46. The van der Waals surface area contributed by atoms with Crippen molar-refractivity contribution in [3.05, 3.63) is 35.7 Å². The lowest BCUT2D eigenvalue weighted by Gasteiger charge is -2.12. The molecule has 0 saturated heterocycles. The highest BCUT2D eigenvalue weighted by molar-refractivity contribution is 7.99. The number of methoxy groups -OCH3 is 1. The fourth-order valence-electron chi connectivity index (χ4n) is 1.83. The van der Waals surface area contributed by atoms with Crippen LogP contribution in [0.15, 0.2) is 34.4 Å². The van der Waals surface area contributed by atoms with E-state index in [1.165, 1.54) is 16.0 Å². The van der Waals surface area contributed by atoms with Gasteiger partial charge in [-0.05, 0) is 38.0 Å². The topological polar surface area (TPSA) is 47.0 Å². The molecule has 5 heteroatoms. The molecule has 0 saturated carbocycles. The molecule has 1 N–H and O–H groups in total. The third-order valence-corrected chi connectivity index (χ3v) is 4.01. The summed E-state index contributed by atoms with van der Waals surface area (Å²) in [6.07, 6.45) is 1.56. The van der Waals surface area contributed by atoms with E-state index in [4.69, 9.17) is 4.74 Å². The largest absolute Gasteiger partial charge is 0.490 e. The van der Waals surface area contributed by atoms with Crippen LogP contribution in [0.1, 0.15) is 18.1 Å². The summed E-state index contributed by atoms with van der Waals surface area (Å²) in [6, 6.07) is 6.39. The normalized spacial score (nSPS) is 10.4. The van der Waals surface area contributed by atoms with E-state index in [-0.39, 0.29) is 0 Å². The molecule has 1 heterocycles. The molecule has 20 heavy (non-hydrogen) atoms. The van der Waals surface area contributed by atoms with Crippen molar-refractivity contribution < 1.29 is 4.74 Å². The molecular formula is C15H19N3OS. The third kappa shape index (κ3) is 3.22. The van der Waals surface area contributed by atoms with Crippen LogP contribution in [0, 0.1) is 13.8 Å². The second kappa shape index (κ2) is 6.61. The Labute approximate surface area is 124 Å². The van der Waals surface area contributed by atoms with Crippen molar-refractivity contribution in [1.29, 1.82) is 0 Å². The number of aromatic nitrogens is 2. The van der Waals surface area contributed by atoms with E-state index < -0.39 is 0 Å². The molecule has 1 aromatic carbocycles. The van der Waals surface area contributed by atoms with Crippen molar-refractivity contribution in [2.45, 2.75) is 30.7 Å². The number of aryl methyl sites for hydroxylation is 2. The molecule has 0 aliphatic carbocycles. The van der Waals surface area contributed by atoms with Gasteiger partial charge in [0.15, 0.2) is 11.6 Å². The maximum absolute atomic E-state index is 5.46. The second-order valence-corrected chi connectivity index (χ2v) is 5.49. The van der Waals surface area contributed by atoms with Gasteiger partial charge in [-0.25, -0.2) is 9.97 Å². The van der Waals surface area contributed by atoms with Gasteiger partial charge in [0.25, 0.3) is 0 Å². The van der Waals surface area contributed by atoms with E-state index in [1.54, 1.807) is 25.2 Å². The number of ether oxygens (including phenoxy) is 1. The Hall–Kier alpha value is -1.75. The van der Waals surface area contributed by atoms with Crippen molar-refractivity contribution in [2.75, 3.05) is 19.0 Å². The number of nitrogens with one attached hydrogen (secondary N) is 1. The van der Waals surface area contributed by atoms with Crippen LogP contribution in [0.25, 0.3) is 0 Å². The fourth-order valence-corrected chi connectivity index (χ4v) is 2.88. The lowest BCUT2D eigenvalue weighted by molar-refractivity contribution is 0.400. The Balaban J connectivity index is 2.37. The van der Waals surface area contributed by atoms with E-state index in [0.717, 1.165) is 17.4 Å². The zero-order valence-corrected chi connectivity index (χ0v) is 13.0. The van der Waals surface area contributed by atoms with E-state index >= 15 is 0 Å². The summed E-state index contributed by atoms with van der Waals surface area (Å²) in [5, 5.41) is 4.02. The third-order valence-electron chi connectivity index (χ3n) is 2.87. The van der Waals surface area contributed by atoms with Crippen LogP contribution >= 0.6 is 11.8 Å². The first-order valence-electron chi connectivity index (χ1n) is 6.53. The monoisotopic (exact) mass is 289 g/mol. The molecule has 0 bridgehead atoms. The first-order valence-corrected chi connectivity index (χ1v) is 7.35. The standard InChI is InChI=1S/C15H19N3OS/c1-5-16-14-13(19-4)15(18-9-17-14)20-12-8-10(2)6-7-11(12)3/h6-9H,5H2,1-4H3,(H,16,17,18). The van der Waals surface area contributed by atoms with Gasteiger partial charge >= 0.3 is 0 Å². The molecule has 0 fully saturated rings. The molecule has 0 atom stereocenters. The molecule has 0 radical (unpaired) electrons. The SMILES string of the molecule is CCNc1ncnc(Sc2cc(C)ccc2C)c1OC. The average Bonchev–Trinajstić information content (AvgIpc) is 2.43. The van der Waals surface area contributed by atoms with Crippen molar-refractivity contribution in [2.24, 2.45) is 0 Å². The van der Waals surface area contributed by atoms with E-state index in [1.807, 2.05) is 6.92 Å². The number of anilines is 1. The van der Waals surface area contributed by atoms with Gasteiger partial charge in [-0.3, -0.25) is 0 Å². The Morgan fingerprint density at radius 3 is 2.75 bits per heavy atom. The fraction of sp³-hybridized carbons (Fsp3) is 0.333. The number of benzene rings is 1. The lowest BCUT2D eigenvalue weighted by Crippen LogP contribution is -2.03. The lowest BCUT2D eigenvalue weighted by atomic mass is 10.2. The molecule has 106 valence electrons. The minimum absolute atomic E-state index is 0.695. The Kier molecular flexibility index (Phi) is 4.84. The maximum Gasteiger partial charge on any atom is 0.194 e. The minimum Gasteiger partial charge on any atom is -0.490 e. The summed E-state index contributed by atoms with van der Waals surface area (Å²) >= 11 is 1.60. The molecule has 0 amide bonds. The highest BCUT2D eigenvalue weighted by atomic mass is 32.2. The molecule has 2 aromatic rings. The minimum atomic E-state index is 0.695. The zero-order chi connectivity index (χ0) is 14.5. The Morgan fingerprint density at radius 2 is 2.05 bits per heavy atom. The second-order valence-electron chi connectivity index (χ2n) is 4.46. The predicted molar refractivity (Wildman–Crippen MR) is 82.8 cm³/mol. The molecule has 0 aliphatic rings. The van der Waals surface area contributed by atoms with Crippen molar-refractivity contribution in [3.63, 3.8) is 0 Å². The van der Waals surface area contributed by atoms with Crippen LogP contribution in [0.4, 0.5) is 5.82 Å². The van der Waals surface area contributed by atoms with Gasteiger partial charge in [0.2, 0.25) is 0 Å². The summed E-state index contributed by atoms with van der Waals surface area (Å²) in [4.78, 5) is 9.75. The summed E-state index contributed by atoms with van der Waals surface area (Å²) in [6.45, 7) is 7.01. The van der Waals surface area contributed by atoms with E-state index in [9.17, 15) is 0 Å². The molecule has 0 spiro atoms. The summed E-state index contributed by atoms with van der Waals surface area (Å²) in [5.41, 5.74) is 2.46. The summed E-state index contributed by atoms with van der Waals surface area (Å²) in [5.74, 6) is 1.43. The van der Waals surface area contributed by atoms with E-state index in [0.29, 0.717) is 5.75 Å². The molecular weight excluding hydrogens is 270 g/mol. The first kappa shape index (κ1) is 14.7. The predicted octanol–water partition coefficient (Wildman–Crippen LogP) is 3.69. The molecule has 1 aromatic heterocycles. The smallest absolute Gasteiger partial charge is 0.194 e. The molecule has 4 nitrogen and oxygen atoms in total. The number of hydrogen-bond acceptors (Lipinski definition) is 5. The van der Waals surface area contributed by atoms with Crippen LogP contribution < -0.4 is 10.1 Å². The Morgan fingerprint density at radius 1 is 1.25 bits per heavy atom. The van der Waals surface area contributed by atoms with Crippen LogP contribution in [-0.4, -0.2) is 23.6 Å². The van der Waals surface area contributed by atoms with Crippen LogP contribution in [0.5, 0.6) is 5.75 Å². The molecule has 0 unspecified atom stereocenters. The highest BCUT2D eigenvalue weighted by Gasteiger charge is 2.13.